The molecule has 1 saturated heterocycles. The summed E-state index contributed by atoms with van der Waals surface area (Å²) in [7, 11) is 1.38. The first kappa shape index (κ1) is 29.2. The average molecular weight is 542 g/mol. The summed E-state index contributed by atoms with van der Waals surface area (Å²) in [5.74, 6) is -2.49. The first-order valence-electron chi connectivity index (χ1n) is 11.2. The lowest BCUT2D eigenvalue weighted by atomic mass is 9.98. The lowest BCUT2D eigenvalue weighted by Gasteiger charge is -2.42. The molecule has 36 heavy (non-hydrogen) atoms. The number of carboxylic acids is 2. The van der Waals surface area contributed by atoms with Crippen molar-refractivity contribution in [1.82, 2.24) is 15.1 Å². The van der Waals surface area contributed by atoms with Gasteiger partial charge in [0.25, 0.3) is 0 Å². The fourth-order valence-corrected chi connectivity index (χ4v) is 4.24. The molecule has 1 fully saturated rings. The number of carboxylic acid groups (broad SMARTS) is 2. The van der Waals surface area contributed by atoms with Crippen LogP contribution in [0, 0.1) is 0 Å². The number of nitrogens with one attached hydrogen (secondary N) is 1. The van der Waals surface area contributed by atoms with Crippen molar-refractivity contribution in [2.45, 2.75) is 31.3 Å². The van der Waals surface area contributed by atoms with Crippen LogP contribution in [0.1, 0.15) is 18.4 Å². The Kier molecular flexibility index (Phi) is 11.7. The molecule has 2 atom stereocenters. The van der Waals surface area contributed by atoms with Crippen molar-refractivity contribution < 1.29 is 34.1 Å². The molecule has 2 aliphatic rings. The summed E-state index contributed by atoms with van der Waals surface area (Å²) < 4.78 is 4.87. The van der Waals surface area contributed by atoms with E-state index < -0.39 is 11.9 Å². The number of carbonyl (C=O) groups is 4. The highest BCUT2D eigenvalue weighted by Crippen LogP contribution is 2.24. The number of piperazine rings is 1. The van der Waals surface area contributed by atoms with Gasteiger partial charge in [0.05, 0.1) is 29.6 Å². The third-order valence-electron chi connectivity index (χ3n) is 5.61. The largest absolute Gasteiger partial charge is 0.478 e. The molecule has 2 amide bonds. The van der Waals surface area contributed by atoms with Crippen LogP contribution < -0.4 is 5.32 Å². The van der Waals surface area contributed by atoms with Crippen LogP contribution in [0.25, 0.3) is 0 Å². The molecule has 0 spiro atoms. The Hall–Kier alpha value is -3.08. The number of carbonyl (C=O) groups excluding carboxylic acids is 2. The van der Waals surface area contributed by atoms with Crippen LogP contribution >= 0.6 is 23.2 Å². The second kappa shape index (κ2) is 14.5. The van der Waals surface area contributed by atoms with E-state index in [1.165, 1.54) is 7.11 Å². The SMILES string of the molecule is COC(=O)N1CCN(C(=O)Cc2ccc(Cl)c(Cl)c2)C(CC2CC=CCN2)C1.O=C(O)/C=C/C(=O)O. The van der Waals surface area contributed by atoms with Crippen molar-refractivity contribution >= 4 is 47.1 Å². The van der Waals surface area contributed by atoms with E-state index in [9.17, 15) is 19.2 Å². The zero-order valence-electron chi connectivity index (χ0n) is 19.7. The normalized spacial score (nSPS) is 19.4. The molecule has 2 aliphatic heterocycles. The summed E-state index contributed by atoms with van der Waals surface area (Å²) in [6.45, 7) is 2.26. The van der Waals surface area contributed by atoms with Crippen LogP contribution in [0.15, 0.2) is 42.5 Å². The molecule has 10 nitrogen and oxygen atoms in total. The van der Waals surface area contributed by atoms with Gasteiger partial charge in [-0.3, -0.25) is 4.79 Å². The molecule has 0 aliphatic carbocycles. The third kappa shape index (κ3) is 9.52. The molecule has 3 rings (SSSR count). The molecular formula is C24H29Cl2N3O7. The van der Waals surface area contributed by atoms with Crippen molar-refractivity contribution in [2.75, 3.05) is 33.3 Å². The van der Waals surface area contributed by atoms with Crippen molar-refractivity contribution in [1.29, 1.82) is 0 Å². The van der Waals surface area contributed by atoms with Gasteiger partial charge in [0.15, 0.2) is 0 Å². The highest BCUT2D eigenvalue weighted by atomic mass is 35.5. The molecule has 0 bridgehead atoms. The van der Waals surface area contributed by atoms with Gasteiger partial charge in [-0.25, -0.2) is 14.4 Å². The predicted molar refractivity (Wildman–Crippen MR) is 134 cm³/mol. The van der Waals surface area contributed by atoms with Gasteiger partial charge in [-0.15, -0.1) is 0 Å². The van der Waals surface area contributed by atoms with Gasteiger partial charge in [0, 0.05) is 44.4 Å². The number of benzene rings is 1. The number of hydrogen-bond donors (Lipinski definition) is 3. The summed E-state index contributed by atoms with van der Waals surface area (Å²) >= 11 is 12.0. The summed E-state index contributed by atoms with van der Waals surface area (Å²) in [5, 5.41) is 20.0. The lowest BCUT2D eigenvalue weighted by Crippen LogP contribution is -2.58. The molecule has 12 heteroatoms. The van der Waals surface area contributed by atoms with E-state index in [1.54, 1.807) is 17.0 Å². The Morgan fingerprint density at radius 3 is 2.33 bits per heavy atom. The van der Waals surface area contributed by atoms with E-state index in [2.05, 4.69) is 17.5 Å². The second-order valence-corrected chi connectivity index (χ2v) is 8.95. The Morgan fingerprint density at radius 2 is 1.78 bits per heavy atom. The predicted octanol–water partition coefficient (Wildman–Crippen LogP) is 2.84. The molecular weight excluding hydrogens is 513 g/mol. The maximum Gasteiger partial charge on any atom is 0.409 e. The number of aliphatic carboxylic acids is 2. The first-order valence-corrected chi connectivity index (χ1v) is 11.9. The van der Waals surface area contributed by atoms with Crippen LogP contribution in [-0.2, 0) is 25.5 Å². The van der Waals surface area contributed by atoms with E-state index in [0.717, 1.165) is 24.9 Å². The summed E-state index contributed by atoms with van der Waals surface area (Å²) in [4.78, 5) is 47.7. The highest BCUT2D eigenvalue weighted by molar-refractivity contribution is 6.42. The fraction of sp³-hybridized carbons (Fsp3) is 0.417. The van der Waals surface area contributed by atoms with Gasteiger partial charge < -0.3 is 30.1 Å². The third-order valence-corrected chi connectivity index (χ3v) is 6.35. The van der Waals surface area contributed by atoms with E-state index >= 15 is 0 Å². The van der Waals surface area contributed by atoms with Gasteiger partial charge >= 0.3 is 18.0 Å². The monoisotopic (exact) mass is 541 g/mol. The minimum atomic E-state index is -1.26. The standard InChI is InChI=1S/C20H25Cl2N3O3.C4H4O4/c1-28-20(27)24-8-9-25(16(13-24)12-15-4-2-3-7-23-15)19(26)11-14-5-6-17(21)18(22)10-14;5-3(6)1-2-4(7)8/h2-3,5-6,10,15-16,23H,4,7-9,11-13H2,1H3;1-2H,(H,5,6)(H,7,8)/b;2-1+. The highest BCUT2D eigenvalue weighted by Gasteiger charge is 2.34. The number of methoxy groups -OCH3 is 1. The van der Waals surface area contributed by atoms with Crippen LogP contribution in [-0.4, -0.2) is 89.3 Å². The van der Waals surface area contributed by atoms with Crippen LogP contribution in [0.5, 0.6) is 0 Å². The Balaban J connectivity index is 0.000000493. The number of ether oxygens (including phenoxy) is 1. The Bertz CT molecular complexity index is 999. The van der Waals surface area contributed by atoms with Gasteiger partial charge in [-0.05, 0) is 30.5 Å². The van der Waals surface area contributed by atoms with Crippen molar-refractivity contribution in [3.63, 3.8) is 0 Å². The lowest BCUT2D eigenvalue weighted by molar-refractivity contribution is -0.135. The molecule has 1 aromatic carbocycles. The molecule has 0 radical (unpaired) electrons. The second-order valence-electron chi connectivity index (χ2n) is 8.14. The fourth-order valence-electron chi connectivity index (χ4n) is 3.92. The van der Waals surface area contributed by atoms with Crippen molar-refractivity contribution in [3.05, 3.63) is 58.1 Å². The molecule has 0 aromatic heterocycles. The molecule has 1 aromatic rings. The molecule has 2 heterocycles. The van der Waals surface area contributed by atoms with Crippen LogP contribution in [0.3, 0.4) is 0 Å². The minimum Gasteiger partial charge on any atom is -0.478 e. The topological polar surface area (TPSA) is 136 Å². The Labute approximate surface area is 219 Å². The smallest absolute Gasteiger partial charge is 0.409 e. The number of hydrogen-bond acceptors (Lipinski definition) is 6. The zero-order valence-corrected chi connectivity index (χ0v) is 21.2. The molecule has 196 valence electrons. The van der Waals surface area contributed by atoms with Crippen molar-refractivity contribution in [3.8, 4) is 0 Å². The van der Waals surface area contributed by atoms with Crippen LogP contribution in [0.2, 0.25) is 10.0 Å². The zero-order chi connectivity index (χ0) is 26.7. The maximum absolute atomic E-state index is 13.0. The van der Waals surface area contributed by atoms with Crippen molar-refractivity contribution in [2.24, 2.45) is 0 Å². The summed E-state index contributed by atoms with van der Waals surface area (Å²) in [6.07, 6.45) is 6.98. The quantitative estimate of drug-likeness (QED) is 0.369. The van der Waals surface area contributed by atoms with Gasteiger partial charge in [0.2, 0.25) is 5.91 Å². The molecule has 3 N–H and O–H groups in total. The van der Waals surface area contributed by atoms with E-state index in [-0.39, 0.29) is 30.5 Å². The molecule has 2 unspecified atom stereocenters. The van der Waals surface area contributed by atoms with Gasteiger partial charge in [-0.2, -0.15) is 0 Å². The Morgan fingerprint density at radius 1 is 1.08 bits per heavy atom. The first-order chi connectivity index (χ1) is 17.1. The number of rotatable bonds is 6. The van der Waals surface area contributed by atoms with Gasteiger partial charge in [0.1, 0.15) is 0 Å². The van der Waals surface area contributed by atoms with E-state index in [1.807, 2.05) is 11.0 Å². The van der Waals surface area contributed by atoms with Crippen LogP contribution in [0.4, 0.5) is 4.79 Å². The average Bonchev–Trinajstić information content (AvgIpc) is 2.85. The molecule has 0 saturated carbocycles. The number of amides is 2. The number of nitrogens with zero attached hydrogens (tertiary/aromatic N) is 2. The summed E-state index contributed by atoms with van der Waals surface area (Å²) in [6, 6.07) is 5.48. The number of halogens is 2. The minimum absolute atomic E-state index is 0.0271. The summed E-state index contributed by atoms with van der Waals surface area (Å²) in [5.41, 5.74) is 0.826. The van der Waals surface area contributed by atoms with Gasteiger partial charge in [-0.1, -0.05) is 41.4 Å². The maximum atomic E-state index is 13.0. The van der Waals surface area contributed by atoms with E-state index in [4.69, 9.17) is 38.2 Å². The van der Waals surface area contributed by atoms with E-state index in [0.29, 0.717) is 41.8 Å².